The van der Waals surface area contributed by atoms with Gasteiger partial charge in [0.15, 0.2) is 11.5 Å². The number of rotatable bonds is 7. The Labute approximate surface area is 184 Å². The molecule has 2 heterocycles. The molecule has 2 aromatic heterocycles. The van der Waals surface area contributed by atoms with Crippen molar-refractivity contribution in [2.24, 2.45) is 14.1 Å². The quantitative estimate of drug-likeness (QED) is 0.410. The first kappa shape index (κ1) is 22.8. The Morgan fingerprint density at radius 1 is 1.19 bits per heavy atom. The molecule has 9 heteroatoms. The van der Waals surface area contributed by atoms with Gasteiger partial charge in [-0.15, -0.1) is 0 Å². The van der Waals surface area contributed by atoms with Crippen LogP contribution < -0.4 is 25.7 Å². The van der Waals surface area contributed by atoms with Crippen LogP contribution in [0.5, 0.6) is 11.5 Å². The molecule has 32 heavy (non-hydrogen) atoms. The second kappa shape index (κ2) is 9.09. The van der Waals surface area contributed by atoms with E-state index in [9.17, 15) is 14.4 Å². The number of nitrogens with one attached hydrogen (secondary N) is 1. The van der Waals surface area contributed by atoms with Crippen LogP contribution in [0, 0.1) is 6.92 Å². The van der Waals surface area contributed by atoms with Crippen molar-refractivity contribution in [1.82, 2.24) is 9.13 Å². The normalized spacial score (nSPS) is 10.8. The van der Waals surface area contributed by atoms with Crippen LogP contribution in [-0.2, 0) is 18.8 Å². The predicted molar refractivity (Wildman–Crippen MR) is 119 cm³/mol. The molecular formula is C23H26N3O6+. The third-order valence-corrected chi connectivity index (χ3v) is 5.13. The van der Waals surface area contributed by atoms with Gasteiger partial charge in [-0.25, -0.2) is 19.1 Å². The number of H-pyrrole nitrogens is 1. The zero-order valence-corrected chi connectivity index (χ0v) is 18.8. The van der Waals surface area contributed by atoms with E-state index in [1.807, 2.05) is 6.92 Å². The van der Waals surface area contributed by atoms with Gasteiger partial charge in [-0.2, -0.15) is 4.57 Å². The molecule has 0 bridgehead atoms. The first-order chi connectivity index (χ1) is 15.3. The zero-order valence-electron chi connectivity index (χ0n) is 18.8. The Bertz CT molecular complexity index is 1340. The van der Waals surface area contributed by atoms with Gasteiger partial charge < -0.3 is 14.2 Å². The summed E-state index contributed by atoms with van der Waals surface area (Å²) in [7, 11) is 4.45. The minimum atomic E-state index is -0.626. The summed E-state index contributed by atoms with van der Waals surface area (Å²) in [6, 6.07) is 5.13. The summed E-state index contributed by atoms with van der Waals surface area (Å²) in [4.78, 5) is 41.8. The Balaban J connectivity index is 2.51. The van der Waals surface area contributed by atoms with Gasteiger partial charge >= 0.3 is 11.7 Å². The van der Waals surface area contributed by atoms with E-state index in [1.165, 1.54) is 24.8 Å². The molecule has 0 saturated heterocycles. The smallest absolute Gasteiger partial charge is 0.417 e. The summed E-state index contributed by atoms with van der Waals surface area (Å²) >= 11 is 0. The fourth-order valence-electron chi connectivity index (χ4n) is 3.62. The van der Waals surface area contributed by atoms with Gasteiger partial charge in [0, 0.05) is 12.6 Å². The van der Waals surface area contributed by atoms with Crippen molar-refractivity contribution < 1.29 is 24.0 Å². The van der Waals surface area contributed by atoms with Crippen molar-refractivity contribution in [3.63, 3.8) is 0 Å². The fourth-order valence-corrected chi connectivity index (χ4v) is 3.62. The van der Waals surface area contributed by atoms with Gasteiger partial charge in [0.1, 0.15) is 23.3 Å². The molecule has 0 aliphatic heterocycles. The number of ether oxygens (including phenoxy) is 3. The van der Waals surface area contributed by atoms with E-state index in [0.717, 1.165) is 4.57 Å². The number of hydrogen-bond donors (Lipinski definition) is 0. The maximum Gasteiger partial charge on any atom is 0.417 e. The second-order valence-corrected chi connectivity index (χ2v) is 7.12. The molecular weight excluding hydrogens is 414 g/mol. The van der Waals surface area contributed by atoms with Gasteiger partial charge in [0.25, 0.3) is 11.2 Å². The van der Waals surface area contributed by atoms with Crippen molar-refractivity contribution in [3.05, 3.63) is 62.9 Å². The molecule has 0 aliphatic rings. The van der Waals surface area contributed by atoms with E-state index >= 15 is 0 Å². The lowest BCUT2D eigenvalue weighted by Gasteiger charge is -2.15. The summed E-state index contributed by atoms with van der Waals surface area (Å²) in [6.07, 6.45) is 1.46. The molecule has 0 fully saturated rings. The Morgan fingerprint density at radius 2 is 1.91 bits per heavy atom. The minimum Gasteiger partial charge on any atom is -0.493 e. The first-order valence-electron chi connectivity index (χ1n) is 10.0. The van der Waals surface area contributed by atoms with Gasteiger partial charge in [-0.05, 0) is 31.5 Å². The maximum atomic E-state index is 13.2. The molecule has 3 rings (SSSR count). The van der Waals surface area contributed by atoms with Crippen LogP contribution in [0.15, 0.2) is 40.4 Å². The molecule has 0 atom stereocenters. The first-order valence-corrected chi connectivity index (χ1v) is 10.0. The van der Waals surface area contributed by atoms with E-state index in [4.69, 9.17) is 14.2 Å². The van der Waals surface area contributed by atoms with Gasteiger partial charge in [0.05, 0.1) is 20.8 Å². The van der Waals surface area contributed by atoms with Crippen LogP contribution in [0.2, 0.25) is 0 Å². The summed E-state index contributed by atoms with van der Waals surface area (Å²) in [5, 5.41) is 0.178. The lowest BCUT2D eigenvalue weighted by molar-refractivity contribution is -0.359. The highest BCUT2D eigenvalue weighted by Crippen LogP contribution is 2.36. The molecule has 0 unspecified atom stereocenters. The van der Waals surface area contributed by atoms with Crippen LogP contribution in [0.1, 0.15) is 23.0 Å². The molecule has 0 amide bonds. The molecule has 0 saturated carbocycles. The van der Waals surface area contributed by atoms with Crippen LogP contribution in [0.25, 0.3) is 22.2 Å². The van der Waals surface area contributed by atoms with Crippen LogP contribution in [-0.4, -0.2) is 35.4 Å². The third kappa shape index (κ3) is 3.77. The van der Waals surface area contributed by atoms with Crippen molar-refractivity contribution in [3.8, 4) is 22.6 Å². The van der Waals surface area contributed by atoms with Crippen molar-refractivity contribution in [1.29, 1.82) is 0 Å². The SMILES string of the molecule is C=CCOC(=O)c1c(C)[nH+]c2c(c1-c1ccc(OCC)c(OC)c1)c(=O)n(C)c(=O)n2C. The minimum absolute atomic E-state index is 0.00757. The standard InChI is InChI=1S/C23H25N3O6/c1-7-11-32-22(28)17-13(3)24-20-19(21(27)26(5)23(29)25(20)4)18(17)14-9-10-15(31-8-2)16(12-14)30-6/h7,9-10,12H,1,8,11H2,2-6H3/p+1. The Hall–Kier alpha value is -3.88. The predicted octanol–water partition coefficient (Wildman–Crippen LogP) is 1.78. The van der Waals surface area contributed by atoms with Gasteiger partial charge in [-0.1, -0.05) is 18.7 Å². The van der Waals surface area contributed by atoms with E-state index in [0.29, 0.717) is 40.6 Å². The summed E-state index contributed by atoms with van der Waals surface area (Å²) in [5.74, 6) is 0.340. The van der Waals surface area contributed by atoms with E-state index in [2.05, 4.69) is 11.6 Å². The highest BCUT2D eigenvalue weighted by molar-refractivity contribution is 6.06. The maximum absolute atomic E-state index is 13.2. The fraction of sp³-hybridized carbons (Fsp3) is 0.304. The van der Waals surface area contributed by atoms with Crippen molar-refractivity contribution >= 4 is 17.0 Å². The number of aromatic nitrogens is 3. The van der Waals surface area contributed by atoms with Crippen LogP contribution >= 0.6 is 0 Å². The lowest BCUT2D eigenvalue weighted by atomic mass is 9.95. The molecule has 0 spiro atoms. The topological polar surface area (TPSA) is 103 Å². The number of carbonyl (C=O) groups is 1. The molecule has 1 N–H and O–H groups in total. The van der Waals surface area contributed by atoms with E-state index in [1.54, 1.807) is 32.2 Å². The molecule has 0 aliphatic carbocycles. The largest absolute Gasteiger partial charge is 0.493 e. The lowest BCUT2D eigenvalue weighted by Crippen LogP contribution is -2.40. The molecule has 0 radical (unpaired) electrons. The molecule has 3 aromatic rings. The number of methoxy groups -OCH3 is 1. The average Bonchev–Trinajstić information content (AvgIpc) is 2.79. The number of pyridine rings is 1. The second-order valence-electron chi connectivity index (χ2n) is 7.12. The third-order valence-electron chi connectivity index (χ3n) is 5.13. The van der Waals surface area contributed by atoms with Crippen molar-refractivity contribution in [2.45, 2.75) is 13.8 Å². The van der Waals surface area contributed by atoms with Gasteiger partial charge in [-0.3, -0.25) is 4.79 Å². The summed E-state index contributed by atoms with van der Waals surface area (Å²) < 4.78 is 18.7. The number of fused-ring (bicyclic) bond motifs is 1. The number of carbonyl (C=O) groups excluding carboxylic acids is 1. The molecule has 168 valence electrons. The molecule has 9 nitrogen and oxygen atoms in total. The van der Waals surface area contributed by atoms with E-state index in [-0.39, 0.29) is 17.6 Å². The average molecular weight is 440 g/mol. The Kier molecular flexibility index (Phi) is 6.47. The number of hydrogen-bond acceptors (Lipinski definition) is 6. The summed E-state index contributed by atoms with van der Waals surface area (Å²) in [5.41, 5.74) is 0.754. The summed E-state index contributed by atoms with van der Waals surface area (Å²) in [6.45, 7) is 7.56. The zero-order chi connectivity index (χ0) is 23.6. The molecule has 1 aromatic carbocycles. The number of benzene rings is 1. The number of esters is 1. The van der Waals surface area contributed by atoms with E-state index < -0.39 is 17.2 Å². The number of aryl methyl sites for hydroxylation is 2. The number of nitrogens with zero attached hydrogens (tertiary/aromatic N) is 2. The monoisotopic (exact) mass is 440 g/mol. The highest BCUT2D eigenvalue weighted by Gasteiger charge is 2.29. The van der Waals surface area contributed by atoms with Gasteiger partial charge in [0.2, 0.25) is 0 Å². The van der Waals surface area contributed by atoms with Crippen LogP contribution in [0.4, 0.5) is 0 Å². The Morgan fingerprint density at radius 3 is 2.53 bits per heavy atom. The number of aromatic amines is 1. The highest BCUT2D eigenvalue weighted by atomic mass is 16.5. The van der Waals surface area contributed by atoms with Crippen LogP contribution in [0.3, 0.4) is 0 Å². The van der Waals surface area contributed by atoms with Crippen molar-refractivity contribution in [2.75, 3.05) is 20.3 Å².